The number of hydrogen-bond donors (Lipinski definition) is 0. The lowest BCUT2D eigenvalue weighted by Crippen LogP contribution is -2.39. The highest BCUT2D eigenvalue weighted by molar-refractivity contribution is 5.53. The number of carbonyl (C=O) groups is 1. The summed E-state index contributed by atoms with van der Waals surface area (Å²) in [7, 11) is 3.27. The van der Waals surface area contributed by atoms with Crippen molar-refractivity contribution in [2.75, 3.05) is 14.2 Å². The number of ether oxygens (including phenoxy) is 2. The summed E-state index contributed by atoms with van der Waals surface area (Å²) >= 11 is 0. The zero-order valence-corrected chi connectivity index (χ0v) is 7.71. The molecule has 1 fully saturated rings. The molecule has 3 nitrogen and oxygen atoms in total. The fraction of sp³-hybridized carbons (Fsp3) is 0.889. The highest BCUT2D eigenvalue weighted by Crippen LogP contribution is 2.34. The summed E-state index contributed by atoms with van der Waals surface area (Å²) in [6, 6.07) is 0. The molecule has 0 aromatic carbocycles. The number of rotatable bonds is 3. The summed E-state index contributed by atoms with van der Waals surface area (Å²) < 4.78 is 10.6. The van der Waals surface area contributed by atoms with Gasteiger partial charge in [0.05, 0.1) is 0 Å². The van der Waals surface area contributed by atoms with E-state index in [1.54, 1.807) is 14.2 Å². The van der Waals surface area contributed by atoms with Crippen molar-refractivity contribution in [3.8, 4) is 0 Å². The zero-order chi connectivity index (χ0) is 9.03. The van der Waals surface area contributed by atoms with E-state index in [1.165, 1.54) is 0 Å². The Bertz CT molecular complexity index is 152. The average molecular weight is 172 g/mol. The molecule has 12 heavy (non-hydrogen) atoms. The van der Waals surface area contributed by atoms with Crippen LogP contribution in [0, 0.1) is 5.92 Å². The topological polar surface area (TPSA) is 35.5 Å². The van der Waals surface area contributed by atoms with E-state index in [1.807, 2.05) is 0 Å². The molecule has 3 heteroatoms. The molecule has 0 N–H and O–H groups in total. The van der Waals surface area contributed by atoms with Gasteiger partial charge in [0.2, 0.25) is 0 Å². The molecule has 0 amide bonds. The van der Waals surface area contributed by atoms with Crippen molar-refractivity contribution < 1.29 is 14.3 Å². The lowest BCUT2D eigenvalue weighted by molar-refractivity contribution is -0.229. The second kappa shape index (κ2) is 4.01. The van der Waals surface area contributed by atoms with Gasteiger partial charge in [-0.15, -0.1) is 0 Å². The van der Waals surface area contributed by atoms with Gasteiger partial charge in [-0.2, -0.15) is 0 Å². The zero-order valence-electron chi connectivity index (χ0n) is 7.71. The molecule has 1 atom stereocenters. The first-order valence-electron chi connectivity index (χ1n) is 4.32. The van der Waals surface area contributed by atoms with Crippen LogP contribution in [0.4, 0.5) is 0 Å². The molecule has 0 aromatic heterocycles. The van der Waals surface area contributed by atoms with Crippen LogP contribution in [-0.2, 0) is 14.3 Å². The van der Waals surface area contributed by atoms with Crippen molar-refractivity contribution in [3.63, 3.8) is 0 Å². The Morgan fingerprint density at radius 1 is 1.42 bits per heavy atom. The highest BCUT2D eigenvalue weighted by Gasteiger charge is 2.36. The van der Waals surface area contributed by atoms with Crippen LogP contribution in [0.2, 0.25) is 0 Å². The molecule has 0 radical (unpaired) electrons. The first kappa shape index (κ1) is 9.68. The van der Waals surface area contributed by atoms with Gasteiger partial charge >= 0.3 is 0 Å². The third-order valence-electron chi connectivity index (χ3n) is 2.64. The fourth-order valence-corrected chi connectivity index (χ4v) is 1.81. The van der Waals surface area contributed by atoms with Gasteiger partial charge < -0.3 is 14.3 Å². The van der Waals surface area contributed by atoms with Gasteiger partial charge in [-0.25, -0.2) is 0 Å². The standard InChI is InChI=1S/C9H16O3/c1-11-9(12-2)5-3-4-8(6-9)7-10/h7-8H,3-6H2,1-2H3. The summed E-state index contributed by atoms with van der Waals surface area (Å²) in [5.41, 5.74) is 0. The normalized spacial score (nSPS) is 28.3. The molecule has 0 aromatic rings. The van der Waals surface area contributed by atoms with E-state index >= 15 is 0 Å². The minimum absolute atomic E-state index is 0.110. The second-order valence-electron chi connectivity index (χ2n) is 3.31. The molecule has 70 valence electrons. The Kier molecular flexibility index (Phi) is 3.23. The quantitative estimate of drug-likeness (QED) is 0.476. The summed E-state index contributed by atoms with van der Waals surface area (Å²) in [4.78, 5) is 10.6. The van der Waals surface area contributed by atoms with Gasteiger partial charge in [-0.3, -0.25) is 0 Å². The van der Waals surface area contributed by atoms with E-state index in [-0.39, 0.29) is 5.92 Å². The fourth-order valence-electron chi connectivity index (χ4n) is 1.81. The number of hydrogen-bond acceptors (Lipinski definition) is 3. The molecule has 1 aliphatic carbocycles. The summed E-state index contributed by atoms with van der Waals surface area (Å²) in [5, 5.41) is 0. The van der Waals surface area contributed by atoms with Crippen LogP contribution < -0.4 is 0 Å². The predicted octanol–water partition coefficient (Wildman–Crippen LogP) is 1.36. The molecule has 1 saturated carbocycles. The highest BCUT2D eigenvalue weighted by atomic mass is 16.7. The van der Waals surface area contributed by atoms with Gasteiger partial charge in [0, 0.05) is 33.0 Å². The molecule has 0 aliphatic heterocycles. The Balaban J connectivity index is 2.58. The van der Waals surface area contributed by atoms with Crippen molar-refractivity contribution in [1.29, 1.82) is 0 Å². The van der Waals surface area contributed by atoms with Crippen molar-refractivity contribution in [1.82, 2.24) is 0 Å². The molecular weight excluding hydrogens is 156 g/mol. The van der Waals surface area contributed by atoms with E-state index in [9.17, 15) is 4.79 Å². The number of carbonyl (C=O) groups excluding carboxylic acids is 1. The van der Waals surface area contributed by atoms with Gasteiger partial charge in [-0.1, -0.05) is 0 Å². The van der Waals surface area contributed by atoms with Crippen LogP contribution in [0.25, 0.3) is 0 Å². The van der Waals surface area contributed by atoms with Crippen molar-refractivity contribution in [2.45, 2.75) is 31.5 Å². The van der Waals surface area contributed by atoms with Crippen LogP contribution in [0.3, 0.4) is 0 Å². The van der Waals surface area contributed by atoms with E-state index in [4.69, 9.17) is 9.47 Å². The number of methoxy groups -OCH3 is 2. The van der Waals surface area contributed by atoms with E-state index < -0.39 is 5.79 Å². The molecule has 1 aliphatic rings. The summed E-state index contributed by atoms with van der Waals surface area (Å²) in [6.07, 6.45) is 4.57. The summed E-state index contributed by atoms with van der Waals surface area (Å²) in [6.45, 7) is 0. The van der Waals surface area contributed by atoms with Crippen molar-refractivity contribution in [2.24, 2.45) is 5.92 Å². The van der Waals surface area contributed by atoms with Crippen LogP contribution in [0.1, 0.15) is 25.7 Å². The monoisotopic (exact) mass is 172 g/mol. The second-order valence-corrected chi connectivity index (χ2v) is 3.31. The third-order valence-corrected chi connectivity index (χ3v) is 2.64. The SMILES string of the molecule is COC1(OC)CCCC(C=O)C1. The van der Waals surface area contributed by atoms with Crippen molar-refractivity contribution in [3.05, 3.63) is 0 Å². The molecule has 0 bridgehead atoms. The predicted molar refractivity (Wildman–Crippen MR) is 44.8 cm³/mol. The van der Waals surface area contributed by atoms with E-state index in [0.717, 1.165) is 25.5 Å². The Morgan fingerprint density at radius 3 is 2.58 bits per heavy atom. The third kappa shape index (κ3) is 1.84. The average Bonchev–Trinajstić information content (AvgIpc) is 2.18. The van der Waals surface area contributed by atoms with Crippen LogP contribution in [-0.4, -0.2) is 26.3 Å². The maximum Gasteiger partial charge on any atom is 0.168 e. The van der Waals surface area contributed by atoms with Crippen LogP contribution in [0.15, 0.2) is 0 Å². The maximum absolute atomic E-state index is 10.6. The van der Waals surface area contributed by atoms with Crippen LogP contribution >= 0.6 is 0 Å². The Morgan fingerprint density at radius 2 is 2.08 bits per heavy atom. The number of aldehydes is 1. The van der Waals surface area contributed by atoms with Gasteiger partial charge in [0.15, 0.2) is 5.79 Å². The summed E-state index contributed by atoms with van der Waals surface area (Å²) in [5.74, 6) is -0.386. The Hall–Kier alpha value is -0.410. The maximum atomic E-state index is 10.6. The molecule has 1 unspecified atom stereocenters. The lowest BCUT2D eigenvalue weighted by Gasteiger charge is -2.36. The first-order chi connectivity index (χ1) is 5.76. The lowest BCUT2D eigenvalue weighted by atomic mass is 9.85. The minimum atomic E-state index is -0.496. The van der Waals surface area contributed by atoms with Gasteiger partial charge in [0.1, 0.15) is 6.29 Å². The van der Waals surface area contributed by atoms with E-state index in [0.29, 0.717) is 6.42 Å². The molecule has 0 spiro atoms. The smallest absolute Gasteiger partial charge is 0.168 e. The Labute approximate surface area is 73.0 Å². The largest absolute Gasteiger partial charge is 0.353 e. The van der Waals surface area contributed by atoms with Crippen LogP contribution in [0.5, 0.6) is 0 Å². The first-order valence-corrected chi connectivity index (χ1v) is 4.32. The van der Waals surface area contributed by atoms with Gasteiger partial charge in [-0.05, 0) is 12.8 Å². The molecule has 0 heterocycles. The molecule has 0 saturated heterocycles. The van der Waals surface area contributed by atoms with Gasteiger partial charge in [0.25, 0.3) is 0 Å². The van der Waals surface area contributed by atoms with Crippen molar-refractivity contribution >= 4 is 6.29 Å². The minimum Gasteiger partial charge on any atom is -0.353 e. The van der Waals surface area contributed by atoms with E-state index in [2.05, 4.69) is 0 Å². The molecule has 1 rings (SSSR count). The molecular formula is C9H16O3.